The zero-order chi connectivity index (χ0) is 21.3. The van der Waals surface area contributed by atoms with E-state index in [2.05, 4.69) is 32.2 Å². The van der Waals surface area contributed by atoms with Gasteiger partial charge in [0, 0.05) is 42.6 Å². The van der Waals surface area contributed by atoms with Gasteiger partial charge < -0.3 is 11.1 Å². The van der Waals surface area contributed by atoms with Gasteiger partial charge in [-0.2, -0.15) is 13.9 Å². The number of carbonyl (C=O) groups is 1. The average molecular weight is 408 g/mol. The molecule has 1 amide bonds. The summed E-state index contributed by atoms with van der Waals surface area (Å²) in [6.45, 7) is 2.27. The lowest BCUT2D eigenvalue weighted by Crippen LogP contribution is -2.25. The molecule has 2 aromatic heterocycles. The highest BCUT2D eigenvalue weighted by molar-refractivity contribution is 6.04. The third kappa shape index (κ3) is 3.98. The number of nitrogens with two attached hydrogens (primary N) is 1. The molecule has 1 aliphatic rings. The molecule has 30 heavy (non-hydrogen) atoms. The summed E-state index contributed by atoms with van der Waals surface area (Å²) in [5, 5.41) is 6.68. The van der Waals surface area contributed by atoms with Gasteiger partial charge in [0.2, 0.25) is 5.95 Å². The predicted octanol–water partition coefficient (Wildman–Crippen LogP) is 3.10. The van der Waals surface area contributed by atoms with Gasteiger partial charge in [-0.1, -0.05) is 17.9 Å². The van der Waals surface area contributed by atoms with Crippen LogP contribution in [0.1, 0.15) is 45.6 Å². The van der Waals surface area contributed by atoms with E-state index < -0.39 is 11.8 Å². The number of rotatable bonds is 2. The van der Waals surface area contributed by atoms with E-state index in [1.54, 1.807) is 18.2 Å². The summed E-state index contributed by atoms with van der Waals surface area (Å²) >= 11 is 0. The summed E-state index contributed by atoms with van der Waals surface area (Å²) in [7, 11) is 0. The van der Waals surface area contributed by atoms with Crippen LogP contribution in [0.3, 0.4) is 0 Å². The Labute approximate surface area is 171 Å². The second-order valence-corrected chi connectivity index (χ2v) is 7.01. The number of benzene rings is 1. The van der Waals surface area contributed by atoms with Gasteiger partial charge in [0.05, 0.1) is 5.56 Å². The van der Waals surface area contributed by atoms with E-state index in [0.29, 0.717) is 29.7 Å². The van der Waals surface area contributed by atoms with Crippen molar-refractivity contribution in [2.45, 2.75) is 32.2 Å². The summed E-state index contributed by atoms with van der Waals surface area (Å²) in [4.78, 5) is 20.4. The Hall–Kier alpha value is -3.80. The fraction of sp³-hybridized carbons (Fsp3) is 0.238. The number of aryl methyl sites for hydroxylation is 2. The van der Waals surface area contributed by atoms with Crippen LogP contribution in [-0.2, 0) is 12.5 Å². The molecule has 0 saturated heterocycles. The van der Waals surface area contributed by atoms with Gasteiger partial charge >= 0.3 is 0 Å². The molecule has 9 heteroatoms. The Morgan fingerprint density at radius 3 is 2.73 bits per heavy atom. The molecule has 0 radical (unpaired) electrons. The van der Waals surface area contributed by atoms with Crippen molar-refractivity contribution in [2.75, 3.05) is 11.1 Å². The summed E-state index contributed by atoms with van der Waals surface area (Å²) in [6.07, 6.45) is 3.15. The first-order valence-electron chi connectivity index (χ1n) is 9.29. The zero-order valence-corrected chi connectivity index (χ0v) is 16.1. The predicted molar refractivity (Wildman–Crippen MR) is 107 cm³/mol. The van der Waals surface area contributed by atoms with Crippen LogP contribution in [0, 0.1) is 18.8 Å². The van der Waals surface area contributed by atoms with Gasteiger partial charge in [-0.25, -0.2) is 9.97 Å². The second-order valence-electron chi connectivity index (χ2n) is 7.01. The van der Waals surface area contributed by atoms with Gasteiger partial charge in [0.15, 0.2) is 5.82 Å². The number of carbonyl (C=O) groups excluding carboxylic acids is 1. The lowest BCUT2D eigenvalue weighted by Gasteiger charge is -2.22. The second kappa shape index (κ2) is 7.55. The summed E-state index contributed by atoms with van der Waals surface area (Å²) in [6, 6.07) is 6.28. The summed E-state index contributed by atoms with van der Waals surface area (Å²) in [5.74, 6) is 2.79. The van der Waals surface area contributed by atoms with Gasteiger partial charge in [-0.3, -0.25) is 9.48 Å². The maximum absolute atomic E-state index is 14.0. The summed E-state index contributed by atoms with van der Waals surface area (Å²) < 4.78 is 29.3. The molecule has 0 unspecified atom stereocenters. The Kier molecular flexibility index (Phi) is 4.91. The van der Waals surface area contributed by atoms with Crippen molar-refractivity contribution in [3.05, 3.63) is 64.6 Å². The van der Waals surface area contributed by atoms with Crippen molar-refractivity contribution in [3.63, 3.8) is 0 Å². The van der Waals surface area contributed by atoms with Crippen LogP contribution in [-0.4, -0.2) is 25.7 Å². The minimum Gasteiger partial charge on any atom is -0.368 e. The van der Waals surface area contributed by atoms with Crippen molar-refractivity contribution in [2.24, 2.45) is 0 Å². The average Bonchev–Trinajstić information content (AvgIpc) is 3.12. The number of amides is 1. The van der Waals surface area contributed by atoms with Crippen molar-refractivity contribution in [3.8, 4) is 11.8 Å². The molecule has 1 aromatic carbocycles. The zero-order valence-electron chi connectivity index (χ0n) is 16.1. The summed E-state index contributed by atoms with van der Waals surface area (Å²) in [5.41, 5.74) is 7.74. The molecule has 152 valence electrons. The third-order valence-electron chi connectivity index (χ3n) is 4.77. The molecule has 3 heterocycles. The molecule has 0 fully saturated rings. The van der Waals surface area contributed by atoms with Crippen LogP contribution in [0.25, 0.3) is 0 Å². The first kappa shape index (κ1) is 19.5. The minimum atomic E-state index is -2.94. The van der Waals surface area contributed by atoms with Gasteiger partial charge in [-0.05, 0) is 31.0 Å². The van der Waals surface area contributed by atoms with Crippen LogP contribution in [0.15, 0.2) is 36.7 Å². The number of anilines is 2. The Morgan fingerprint density at radius 2 is 2.00 bits per heavy atom. The monoisotopic (exact) mass is 408 g/mol. The lowest BCUT2D eigenvalue weighted by atomic mass is 10.0. The smallest absolute Gasteiger partial charge is 0.289 e. The number of aromatic nitrogens is 4. The number of alkyl halides is 2. The van der Waals surface area contributed by atoms with E-state index in [0.717, 1.165) is 5.56 Å². The maximum atomic E-state index is 14.0. The van der Waals surface area contributed by atoms with Crippen molar-refractivity contribution < 1.29 is 13.6 Å². The first-order valence-corrected chi connectivity index (χ1v) is 9.29. The quantitative estimate of drug-likeness (QED) is 0.635. The Bertz CT molecular complexity index is 1170. The van der Waals surface area contributed by atoms with Crippen LogP contribution in [0.4, 0.5) is 20.5 Å². The van der Waals surface area contributed by atoms with Crippen molar-refractivity contribution >= 4 is 17.7 Å². The number of nitrogens with zero attached hydrogens (tertiary/aromatic N) is 4. The van der Waals surface area contributed by atoms with E-state index in [9.17, 15) is 13.6 Å². The third-order valence-corrected chi connectivity index (χ3v) is 4.77. The fourth-order valence-electron chi connectivity index (χ4n) is 3.15. The van der Waals surface area contributed by atoms with E-state index >= 15 is 0 Å². The standard InChI is InChI=1S/C21H18F2N6O/c1-13-3-5-16(9-15(13)6-4-14-11-25-20(24)26-12-14)19(30)27-18-10-17-21(22,23)7-2-8-29(17)28-18/h3,5,9-12H,2,7-8H2,1H3,(H2,24,25,26)(H,27,28,30). The lowest BCUT2D eigenvalue weighted by molar-refractivity contribution is -0.0364. The number of nitrogen functional groups attached to an aromatic ring is 1. The molecule has 3 N–H and O–H groups in total. The van der Waals surface area contributed by atoms with Crippen LogP contribution >= 0.6 is 0 Å². The highest BCUT2D eigenvalue weighted by Gasteiger charge is 2.38. The Morgan fingerprint density at radius 1 is 1.23 bits per heavy atom. The molecule has 0 spiro atoms. The number of nitrogens with one attached hydrogen (secondary N) is 1. The molecular weight excluding hydrogens is 390 g/mol. The normalized spacial score (nSPS) is 14.4. The van der Waals surface area contributed by atoms with E-state index in [1.165, 1.54) is 23.1 Å². The van der Waals surface area contributed by atoms with Crippen molar-refractivity contribution in [1.82, 2.24) is 19.7 Å². The van der Waals surface area contributed by atoms with Gasteiger partial charge in [0.25, 0.3) is 11.8 Å². The van der Waals surface area contributed by atoms with Crippen molar-refractivity contribution in [1.29, 1.82) is 0 Å². The topological polar surface area (TPSA) is 98.7 Å². The number of fused-ring (bicyclic) bond motifs is 1. The molecular formula is C21H18F2N6O. The molecule has 0 atom stereocenters. The minimum absolute atomic E-state index is 0.101. The van der Waals surface area contributed by atoms with E-state index in [-0.39, 0.29) is 23.9 Å². The molecule has 4 rings (SSSR count). The molecule has 1 aliphatic heterocycles. The number of halogens is 2. The first-order chi connectivity index (χ1) is 14.3. The van der Waals surface area contributed by atoms with E-state index in [1.807, 2.05) is 6.92 Å². The number of hydrogen-bond acceptors (Lipinski definition) is 5. The highest BCUT2D eigenvalue weighted by atomic mass is 19.3. The SMILES string of the molecule is Cc1ccc(C(=O)Nc2cc3n(n2)CCCC3(F)F)cc1C#Cc1cnc(N)nc1. The van der Waals surface area contributed by atoms with Crippen LogP contribution < -0.4 is 11.1 Å². The van der Waals surface area contributed by atoms with Crippen LogP contribution in [0.2, 0.25) is 0 Å². The Balaban J connectivity index is 1.55. The highest BCUT2D eigenvalue weighted by Crippen LogP contribution is 2.37. The molecule has 0 aliphatic carbocycles. The molecule has 3 aromatic rings. The van der Waals surface area contributed by atoms with E-state index in [4.69, 9.17) is 5.73 Å². The molecule has 0 saturated carbocycles. The van der Waals surface area contributed by atoms with Gasteiger partial charge in [-0.15, -0.1) is 0 Å². The van der Waals surface area contributed by atoms with Crippen LogP contribution in [0.5, 0.6) is 0 Å². The van der Waals surface area contributed by atoms with Gasteiger partial charge in [0.1, 0.15) is 5.69 Å². The fourth-order valence-corrected chi connectivity index (χ4v) is 3.15. The number of hydrogen-bond donors (Lipinski definition) is 2. The molecule has 7 nitrogen and oxygen atoms in total. The molecule has 0 bridgehead atoms. The maximum Gasteiger partial charge on any atom is 0.289 e. The largest absolute Gasteiger partial charge is 0.368 e.